The normalized spacial score (nSPS) is 10.7. The Kier molecular flexibility index (Phi) is 5.56. The molecular weight excluding hydrogens is 289 g/mol. The first-order valence-electron chi connectivity index (χ1n) is 4.95. The smallest absolute Gasteiger partial charge is 0.216 e. The van der Waals surface area contributed by atoms with Crippen molar-refractivity contribution in [2.24, 2.45) is 0 Å². The third kappa shape index (κ3) is 4.81. The van der Waals surface area contributed by atoms with Gasteiger partial charge >= 0.3 is 0 Å². The van der Waals surface area contributed by atoms with Gasteiger partial charge in [-0.05, 0) is 40.0 Å². The van der Waals surface area contributed by atoms with Crippen molar-refractivity contribution in [1.29, 1.82) is 0 Å². The van der Waals surface area contributed by atoms with Gasteiger partial charge in [-0.25, -0.2) is 0 Å². The van der Waals surface area contributed by atoms with Crippen LogP contribution in [0, 0.1) is 0 Å². The highest BCUT2D eigenvalue weighted by Gasteiger charge is 1.95. The molecule has 0 saturated carbocycles. The first-order chi connectivity index (χ1) is 7.59. The van der Waals surface area contributed by atoms with Gasteiger partial charge in [-0.15, -0.1) is 0 Å². The molecule has 86 valence electrons. The molecule has 4 heteroatoms. The molecular formula is C12H13BrClNO. The second-order valence-corrected chi connectivity index (χ2v) is 4.61. The third-order valence-electron chi connectivity index (χ3n) is 1.94. The van der Waals surface area contributed by atoms with E-state index in [1.807, 2.05) is 30.4 Å². The number of carbonyl (C=O) groups is 1. The number of nitrogens with one attached hydrogen (secondary N) is 1. The lowest BCUT2D eigenvalue weighted by atomic mass is 10.2. The number of rotatable bonds is 4. The van der Waals surface area contributed by atoms with E-state index in [2.05, 4.69) is 21.2 Å². The molecule has 0 aliphatic carbocycles. The SMILES string of the molecule is CC(=O)NCCC=Cc1ccc(Br)c(Cl)c1. The predicted molar refractivity (Wildman–Crippen MR) is 71.5 cm³/mol. The number of amides is 1. The van der Waals surface area contributed by atoms with Crippen LogP contribution in [0.4, 0.5) is 0 Å². The fourth-order valence-electron chi connectivity index (χ4n) is 1.17. The molecule has 1 aromatic carbocycles. The molecule has 0 fully saturated rings. The summed E-state index contributed by atoms with van der Waals surface area (Å²) in [7, 11) is 0. The topological polar surface area (TPSA) is 29.1 Å². The summed E-state index contributed by atoms with van der Waals surface area (Å²) in [6.45, 7) is 2.17. The van der Waals surface area contributed by atoms with Crippen LogP contribution in [0.2, 0.25) is 5.02 Å². The Morgan fingerprint density at radius 1 is 1.56 bits per heavy atom. The molecule has 0 aromatic heterocycles. The number of carbonyl (C=O) groups excluding carboxylic acids is 1. The zero-order valence-corrected chi connectivity index (χ0v) is 11.3. The lowest BCUT2D eigenvalue weighted by Gasteiger charge is -1.99. The Morgan fingerprint density at radius 2 is 2.31 bits per heavy atom. The first kappa shape index (κ1) is 13.3. The predicted octanol–water partition coefficient (Wildman–Crippen LogP) is 3.64. The highest BCUT2D eigenvalue weighted by Crippen LogP contribution is 2.23. The highest BCUT2D eigenvalue weighted by molar-refractivity contribution is 9.10. The molecule has 1 N–H and O–H groups in total. The lowest BCUT2D eigenvalue weighted by molar-refractivity contribution is -0.118. The largest absolute Gasteiger partial charge is 0.356 e. The van der Waals surface area contributed by atoms with Crippen LogP contribution in [0.5, 0.6) is 0 Å². The molecule has 2 nitrogen and oxygen atoms in total. The van der Waals surface area contributed by atoms with E-state index in [1.54, 1.807) is 0 Å². The molecule has 0 spiro atoms. The number of benzene rings is 1. The molecule has 1 aromatic rings. The van der Waals surface area contributed by atoms with Crippen molar-refractivity contribution in [2.75, 3.05) is 6.54 Å². The van der Waals surface area contributed by atoms with E-state index in [1.165, 1.54) is 6.92 Å². The summed E-state index contributed by atoms with van der Waals surface area (Å²) in [6, 6.07) is 5.78. The van der Waals surface area contributed by atoms with Crippen LogP contribution >= 0.6 is 27.5 Å². The second-order valence-electron chi connectivity index (χ2n) is 3.35. The molecule has 0 heterocycles. The molecule has 1 amide bonds. The van der Waals surface area contributed by atoms with Crippen LogP contribution in [0.25, 0.3) is 6.08 Å². The monoisotopic (exact) mass is 301 g/mol. The van der Waals surface area contributed by atoms with E-state index in [-0.39, 0.29) is 5.91 Å². The van der Waals surface area contributed by atoms with Gasteiger partial charge in [-0.3, -0.25) is 4.79 Å². The van der Waals surface area contributed by atoms with Gasteiger partial charge < -0.3 is 5.32 Å². The standard InChI is InChI=1S/C12H13BrClNO/c1-9(16)15-7-3-2-4-10-5-6-11(13)12(14)8-10/h2,4-6,8H,3,7H2,1H3,(H,15,16). The first-order valence-corrected chi connectivity index (χ1v) is 6.12. The number of halogens is 2. The van der Waals surface area contributed by atoms with Gasteiger partial charge in [0.1, 0.15) is 0 Å². The molecule has 0 aliphatic heterocycles. The maximum atomic E-state index is 10.6. The van der Waals surface area contributed by atoms with E-state index >= 15 is 0 Å². The van der Waals surface area contributed by atoms with Gasteiger partial charge in [0.25, 0.3) is 0 Å². The Hall–Kier alpha value is -0.800. The van der Waals surface area contributed by atoms with Crippen molar-refractivity contribution >= 4 is 39.5 Å². The molecule has 0 saturated heterocycles. The minimum Gasteiger partial charge on any atom is -0.356 e. The molecule has 0 aliphatic rings. The third-order valence-corrected chi connectivity index (χ3v) is 3.17. The average molecular weight is 303 g/mol. The fraction of sp³-hybridized carbons (Fsp3) is 0.250. The Labute approximate surface area is 109 Å². The summed E-state index contributed by atoms with van der Waals surface area (Å²) in [5.74, 6) is 0.0000798. The molecule has 0 bridgehead atoms. The van der Waals surface area contributed by atoms with Gasteiger partial charge in [0, 0.05) is 17.9 Å². The van der Waals surface area contributed by atoms with Crippen molar-refractivity contribution in [3.05, 3.63) is 39.3 Å². The molecule has 1 rings (SSSR count). The van der Waals surface area contributed by atoms with Gasteiger partial charge in [0.15, 0.2) is 0 Å². The maximum Gasteiger partial charge on any atom is 0.216 e. The van der Waals surface area contributed by atoms with E-state index in [9.17, 15) is 4.79 Å². The number of hydrogen-bond acceptors (Lipinski definition) is 1. The summed E-state index contributed by atoms with van der Waals surface area (Å²) < 4.78 is 0.893. The van der Waals surface area contributed by atoms with Crippen LogP contribution in [-0.4, -0.2) is 12.5 Å². The van der Waals surface area contributed by atoms with E-state index < -0.39 is 0 Å². The van der Waals surface area contributed by atoms with E-state index in [4.69, 9.17) is 11.6 Å². The zero-order valence-electron chi connectivity index (χ0n) is 8.97. The highest BCUT2D eigenvalue weighted by atomic mass is 79.9. The molecule has 16 heavy (non-hydrogen) atoms. The lowest BCUT2D eigenvalue weighted by Crippen LogP contribution is -2.20. The van der Waals surface area contributed by atoms with Crippen LogP contribution < -0.4 is 5.32 Å². The fourth-order valence-corrected chi connectivity index (χ4v) is 1.60. The van der Waals surface area contributed by atoms with Crippen molar-refractivity contribution in [1.82, 2.24) is 5.32 Å². The molecule has 0 atom stereocenters. The van der Waals surface area contributed by atoms with Crippen molar-refractivity contribution in [3.8, 4) is 0 Å². The maximum absolute atomic E-state index is 10.6. The van der Waals surface area contributed by atoms with E-state index in [0.29, 0.717) is 11.6 Å². The van der Waals surface area contributed by atoms with Gasteiger partial charge in [-0.2, -0.15) is 0 Å². The van der Waals surface area contributed by atoms with Crippen molar-refractivity contribution in [3.63, 3.8) is 0 Å². The van der Waals surface area contributed by atoms with Crippen LogP contribution in [0.15, 0.2) is 28.7 Å². The Bertz CT molecular complexity index is 404. The zero-order chi connectivity index (χ0) is 12.0. The summed E-state index contributed by atoms with van der Waals surface area (Å²) in [6.07, 6.45) is 4.81. The second kappa shape index (κ2) is 6.71. The summed E-state index contributed by atoms with van der Waals surface area (Å²) in [4.78, 5) is 10.6. The van der Waals surface area contributed by atoms with Crippen LogP contribution in [0.3, 0.4) is 0 Å². The quantitative estimate of drug-likeness (QED) is 0.845. The minimum absolute atomic E-state index is 0.0000798. The molecule has 0 radical (unpaired) electrons. The number of hydrogen-bond donors (Lipinski definition) is 1. The minimum atomic E-state index is 0.0000798. The molecule has 0 unspecified atom stereocenters. The van der Waals surface area contributed by atoms with E-state index in [0.717, 1.165) is 16.5 Å². The average Bonchev–Trinajstić information content (AvgIpc) is 2.22. The van der Waals surface area contributed by atoms with Crippen molar-refractivity contribution < 1.29 is 4.79 Å². The van der Waals surface area contributed by atoms with Gasteiger partial charge in [-0.1, -0.05) is 29.8 Å². The summed E-state index contributed by atoms with van der Waals surface area (Å²) in [5.41, 5.74) is 1.05. The van der Waals surface area contributed by atoms with Gasteiger partial charge in [0.05, 0.1) is 5.02 Å². The summed E-state index contributed by atoms with van der Waals surface area (Å²) in [5, 5.41) is 3.43. The van der Waals surface area contributed by atoms with Crippen LogP contribution in [-0.2, 0) is 4.79 Å². The Morgan fingerprint density at radius 3 is 2.94 bits per heavy atom. The Balaban J connectivity index is 2.44. The van der Waals surface area contributed by atoms with Crippen molar-refractivity contribution in [2.45, 2.75) is 13.3 Å². The van der Waals surface area contributed by atoms with Gasteiger partial charge in [0.2, 0.25) is 5.91 Å². The summed E-state index contributed by atoms with van der Waals surface area (Å²) >= 11 is 9.29. The van der Waals surface area contributed by atoms with Crippen LogP contribution in [0.1, 0.15) is 18.9 Å².